The normalized spacial score (nSPS) is 16.1. The van der Waals surface area contributed by atoms with E-state index in [1.807, 2.05) is 12.1 Å². The van der Waals surface area contributed by atoms with Crippen molar-refractivity contribution in [3.8, 4) is 11.3 Å². The van der Waals surface area contributed by atoms with E-state index in [0.29, 0.717) is 17.0 Å². The summed E-state index contributed by atoms with van der Waals surface area (Å²) in [7, 11) is 0. The summed E-state index contributed by atoms with van der Waals surface area (Å²) in [4.78, 5) is 12.9. The lowest BCUT2D eigenvalue weighted by atomic mass is 9.96. The number of hydrogen-bond donors (Lipinski definition) is 1. The van der Waals surface area contributed by atoms with Crippen LogP contribution in [0.3, 0.4) is 0 Å². The van der Waals surface area contributed by atoms with Crippen LogP contribution in [0.4, 0.5) is 5.95 Å². The Morgan fingerprint density at radius 2 is 2.00 bits per heavy atom. The van der Waals surface area contributed by atoms with E-state index in [9.17, 15) is 0 Å². The Morgan fingerprint density at radius 1 is 1.15 bits per heavy atom. The second-order valence-electron chi connectivity index (χ2n) is 5.11. The summed E-state index contributed by atoms with van der Waals surface area (Å²) in [5, 5.41) is 3.97. The minimum absolute atomic E-state index is 0.478. The third-order valence-electron chi connectivity index (χ3n) is 3.62. The molecular weight excluding hydrogens is 272 g/mol. The summed E-state index contributed by atoms with van der Waals surface area (Å²) < 4.78 is 0. The third kappa shape index (κ3) is 3.07. The van der Waals surface area contributed by atoms with Crippen molar-refractivity contribution >= 4 is 17.5 Å². The Morgan fingerprint density at radius 3 is 2.75 bits per heavy atom. The largest absolute Gasteiger partial charge is 0.351 e. The molecule has 5 heteroatoms. The lowest BCUT2D eigenvalue weighted by Gasteiger charge is -2.22. The molecule has 0 atom stereocenters. The summed E-state index contributed by atoms with van der Waals surface area (Å²) in [5.41, 5.74) is 1.64. The maximum absolute atomic E-state index is 6.19. The fourth-order valence-electron chi connectivity index (χ4n) is 2.57. The molecule has 0 bridgehead atoms. The van der Waals surface area contributed by atoms with Crippen LogP contribution in [-0.2, 0) is 0 Å². The fraction of sp³-hybridized carbons (Fsp3) is 0.400. The van der Waals surface area contributed by atoms with E-state index in [1.54, 1.807) is 18.6 Å². The van der Waals surface area contributed by atoms with Crippen molar-refractivity contribution < 1.29 is 0 Å². The first-order chi connectivity index (χ1) is 9.83. The smallest absolute Gasteiger partial charge is 0.223 e. The molecule has 1 N–H and O–H groups in total. The Balaban J connectivity index is 1.83. The molecule has 0 unspecified atom stereocenters. The quantitative estimate of drug-likeness (QED) is 0.929. The van der Waals surface area contributed by atoms with Crippen molar-refractivity contribution in [2.75, 3.05) is 5.32 Å². The van der Waals surface area contributed by atoms with E-state index in [1.165, 1.54) is 32.1 Å². The number of nitrogens with one attached hydrogen (secondary N) is 1. The number of pyridine rings is 1. The van der Waals surface area contributed by atoms with Gasteiger partial charge in [-0.2, -0.15) is 0 Å². The molecule has 104 valence electrons. The molecule has 1 aliphatic rings. The van der Waals surface area contributed by atoms with Crippen LogP contribution >= 0.6 is 11.6 Å². The van der Waals surface area contributed by atoms with Crippen molar-refractivity contribution in [3.63, 3.8) is 0 Å². The first-order valence-electron chi connectivity index (χ1n) is 7.02. The molecule has 3 rings (SSSR count). The van der Waals surface area contributed by atoms with Crippen molar-refractivity contribution in [2.24, 2.45) is 0 Å². The molecular formula is C15H17ClN4. The zero-order valence-corrected chi connectivity index (χ0v) is 12.0. The van der Waals surface area contributed by atoms with Crippen molar-refractivity contribution in [2.45, 2.75) is 38.1 Å². The molecule has 0 spiro atoms. The van der Waals surface area contributed by atoms with Gasteiger partial charge in [-0.3, -0.25) is 4.98 Å². The van der Waals surface area contributed by atoms with E-state index in [0.717, 1.165) is 11.3 Å². The van der Waals surface area contributed by atoms with Crippen LogP contribution in [0.2, 0.25) is 5.02 Å². The highest BCUT2D eigenvalue weighted by molar-refractivity contribution is 6.32. The maximum atomic E-state index is 6.19. The number of nitrogens with zero attached hydrogens (tertiary/aromatic N) is 3. The van der Waals surface area contributed by atoms with Crippen LogP contribution in [0.25, 0.3) is 11.3 Å². The summed E-state index contributed by atoms with van der Waals surface area (Å²) in [5.74, 6) is 0.653. The van der Waals surface area contributed by atoms with Gasteiger partial charge in [-0.1, -0.05) is 30.9 Å². The molecule has 2 aromatic rings. The number of aromatic nitrogens is 3. The van der Waals surface area contributed by atoms with E-state index in [4.69, 9.17) is 11.6 Å². The predicted molar refractivity (Wildman–Crippen MR) is 80.8 cm³/mol. The van der Waals surface area contributed by atoms with Crippen LogP contribution in [-0.4, -0.2) is 21.0 Å². The zero-order chi connectivity index (χ0) is 13.8. The lowest BCUT2D eigenvalue weighted by Crippen LogP contribution is -2.23. The molecule has 20 heavy (non-hydrogen) atoms. The monoisotopic (exact) mass is 288 g/mol. The zero-order valence-electron chi connectivity index (χ0n) is 11.2. The maximum Gasteiger partial charge on any atom is 0.223 e. The number of hydrogen-bond acceptors (Lipinski definition) is 4. The van der Waals surface area contributed by atoms with Crippen LogP contribution in [0.15, 0.2) is 30.7 Å². The Kier molecular flexibility index (Phi) is 4.11. The van der Waals surface area contributed by atoms with Crippen LogP contribution in [0.5, 0.6) is 0 Å². The van der Waals surface area contributed by atoms with Crippen LogP contribution in [0.1, 0.15) is 32.1 Å². The first kappa shape index (κ1) is 13.3. The second kappa shape index (κ2) is 6.18. The average Bonchev–Trinajstić information content (AvgIpc) is 2.51. The van der Waals surface area contributed by atoms with Gasteiger partial charge in [0.25, 0.3) is 0 Å². The highest BCUT2D eigenvalue weighted by atomic mass is 35.5. The third-order valence-corrected chi connectivity index (χ3v) is 3.89. The molecule has 1 saturated carbocycles. The molecule has 0 aromatic carbocycles. The highest BCUT2D eigenvalue weighted by Crippen LogP contribution is 2.26. The number of anilines is 1. The topological polar surface area (TPSA) is 50.7 Å². The van der Waals surface area contributed by atoms with Gasteiger partial charge in [-0.15, -0.1) is 0 Å². The van der Waals surface area contributed by atoms with E-state index in [-0.39, 0.29) is 0 Å². The average molecular weight is 289 g/mol. The minimum Gasteiger partial charge on any atom is -0.351 e. The molecule has 0 radical (unpaired) electrons. The van der Waals surface area contributed by atoms with Gasteiger partial charge in [0.15, 0.2) is 0 Å². The molecule has 0 aliphatic heterocycles. The Hall–Kier alpha value is -1.68. The van der Waals surface area contributed by atoms with Gasteiger partial charge >= 0.3 is 0 Å². The number of rotatable bonds is 3. The molecule has 0 saturated heterocycles. The molecule has 4 nitrogen and oxygen atoms in total. The van der Waals surface area contributed by atoms with E-state index in [2.05, 4.69) is 20.3 Å². The lowest BCUT2D eigenvalue weighted by molar-refractivity contribution is 0.461. The summed E-state index contributed by atoms with van der Waals surface area (Å²) >= 11 is 6.19. The summed E-state index contributed by atoms with van der Waals surface area (Å²) in [6.45, 7) is 0. The highest BCUT2D eigenvalue weighted by Gasteiger charge is 2.15. The SMILES string of the molecule is Clc1cnc(NC2CCCCC2)nc1-c1cccnc1. The van der Waals surface area contributed by atoms with Gasteiger partial charge in [0.2, 0.25) is 5.95 Å². The summed E-state index contributed by atoms with van der Waals surface area (Å²) in [6.07, 6.45) is 11.4. The second-order valence-corrected chi connectivity index (χ2v) is 5.52. The van der Waals surface area contributed by atoms with Crippen LogP contribution < -0.4 is 5.32 Å². The standard InChI is InChI=1S/C15H17ClN4/c16-13-10-18-15(19-12-6-2-1-3-7-12)20-14(13)11-5-4-8-17-9-11/h4-5,8-10,12H,1-3,6-7H2,(H,18,19,20). The Labute approximate surface area is 123 Å². The van der Waals surface area contributed by atoms with Crippen LogP contribution in [0, 0.1) is 0 Å². The molecule has 2 heterocycles. The number of halogens is 1. The van der Waals surface area contributed by atoms with Gasteiger partial charge < -0.3 is 5.32 Å². The minimum atomic E-state index is 0.478. The van der Waals surface area contributed by atoms with Crippen molar-refractivity contribution in [1.29, 1.82) is 0 Å². The molecule has 1 aliphatic carbocycles. The van der Waals surface area contributed by atoms with Crippen molar-refractivity contribution in [3.05, 3.63) is 35.7 Å². The van der Waals surface area contributed by atoms with Gasteiger partial charge in [0.1, 0.15) is 0 Å². The Bertz CT molecular complexity index is 567. The van der Waals surface area contributed by atoms with E-state index >= 15 is 0 Å². The van der Waals surface area contributed by atoms with Gasteiger partial charge in [0, 0.05) is 24.0 Å². The van der Waals surface area contributed by atoms with E-state index < -0.39 is 0 Å². The van der Waals surface area contributed by atoms with Gasteiger partial charge in [-0.25, -0.2) is 9.97 Å². The molecule has 0 amide bonds. The molecule has 1 fully saturated rings. The van der Waals surface area contributed by atoms with Gasteiger partial charge in [0.05, 0.1) is 16.9 Å². The predicted octanol–water partition coefficient (Wildman–Crippen LogP) is 3.94. The molecule has 2 aromatic heterocycles. The van der Waals surface area contributed by atoms with Gasteiger partial charge in [-0.05, 0) is 25.0 Å². The van der Waals surface area contributed by atoms with Crippen molar-refractivity contribution in [1.82, 2.24) is 15.0 Å². The summed E-state index contributed by atoms with van der Waals surface area (Å²) in [6, 6.07) is 4.31. The first-order valence-corrected chi connectivity index (χ1v) is 7.40. The fourth-order valence-corrected chi connectivity index (χ4v) is 2.77.